The number of hydrogen-bond donors (Lipinski definition) is 2. The minimum absolute atomic E-state index is 0.0875. The standard InChI is InChI=1S/C14H22N2OS/c1-14(2,10-17)16(3)12(9-13(15)18)11-7-5-4-6-8-11/h4-8,12,17H,9-10H2,1-3H3,(H2,15,18). The van der Waals surface area contributed by atoms with Crippen LogP contribution in [0.2, 0.25) is 0 Å². The molecule has 0 aliphatic rings. The fourth-order valence-corrected chi connectivity index (χ4v) is 2.04. The van der Waals surface area contributed by atoms with Gasteiger partial charge in [0.1, 0.15) is 0 Å². The van der Waals surface area contributed by atoms with Crippen molar-refractivity contribution in [2.24, 2.45) is 5.73 Å². The minimum atomic E-state index is -0.314. The van der Waals surface area contributed by atoms with E-state index >= 15 is 0 Å². The first kappa shape index (κ1) is 15.1. The number of nitrogens with two attached hydrogens (primary N) is 1. The Labute approximate surface area is 115 Å². The van der Waals surface area contributed by atoms with Gasteiger partial charge in [0, 0.05) is 18.0 Å². The molecule has 4 heteroatoms. The Balaban J connectivity index is 3.03. The van der Waals surface area contributed by atoms with E-state index in [4.69, 9.17) is 18.0 Å². The predicted octanol–water partition coefficient (Wildman–Crippen LogP) is 2.11. The van der Waals surface area contributed by atoms with Gasteiger partial charge in [-0.05, 0) is 26.5 Å². The highest BCUT2D eigenvalue weighted by Crippen LogP contribution is 2.29. The van der Waals surface area contributed by atoms with Gasteiger partial charge in [-0.3, -0.25) is 4.90 Å². The first-order valence-electron chi connectivity index (χ1n) is 6.05. The Bertz CT molecular complexity index is 392. The maximum atomic E-state index is 9.49. The van der Waals surface area contributed by atoms with Crippen LogP contribution >= 0.6 is 12.2 Å². The summed E-state index contributed by atoms with van der Waals surface area (Å²) in [5.41, 5.74) is 6.54. The summed E-state index contributed by atoms with van der Waals surface area (Å²) in [5, 5.41) is 9.49. The number of likely N-dealkylation sites (N-methyl/N-ethyl adjacent to an activating group) is 1. The molecule has 1 aromatic rings. The normalized spacial score (nSPS) is 13.6. The maximum absolute atomic E-state index is 9.49. The van der Waals surface area contributed by atoms with E-state index in [-0.39, 0.29) is 18.2 Å². The first-order valence-corrected chi connectivity index (χ1v) is 6.46. The smallest absolute Gasteiger partial charge is 0.0746 e. The summed E-state index contributed by atoms with van der Waals surface area (Å²) in [6.07, 6.45) is 0.610. The van der Waals surface area contributed by atoms with Gasteiger partial charge in [0.25, 0.3) is 0 Å². The molecule has 0 amide bonds. The lowest BCUT2D eigenvalue weighted by Crippen LogP contribution is -2.47. The van der Waals surface area contributed by atoms with Crippen molar-refractivity contribution in [3.05, 3.63) is 35.9 Å². The van der Waals surface area contributed by atoms with Gasteiger partial charge in [-0.2, -0.15) is 0 Å². The van der Waals surface area contributed by atoms with Gasteiger partial charge in [-0.15, -0.1) is 0 Å². The van der Waals surface area contributed by atoms with Crippen LogP contribution in [0.1, 0.15) is 31.9 Å². The fourth-order valence-electron chi connectivity index (χ4n) is 1.88. The van der Waals surface area contributed by atoms with Crippen LogP contribution in [0.4, 0.5) is 0 Å². The first-order chi connectivity index (χ1) is 8.38. The third-order valence-electron chi connectivity index (χ3n) is 3.39. The number of hydrogen-bond acceptors (Lipinski definition) is 3. The van der Waals surface area contributed by atoms with E-state index in [9.17, 15) is 5.11 Å². The fraction of sp³-hybridized carbons (Fsp3) is 0.500. The Morgan fingerprint density at radius 3 is 2.39 bits per heavy atom. The van der Waals surface area contributed by atoms with Crippen molar-refractivity contribution < 1.29 is 5.11 Å². The van der Waals surface area contributed by atoms with Crippen molar-refractivity contribution in [2.45, 2.75) is 31.8 Å². The summed E-state index contributed by atoms with van der Waals surface area (Å²) in [7, 11) is 1.99. The zero-order valence-corrected chi connectivity index (χ0v) is 12.1. The summed E-state index contributed by atoms with van der Waals surface area (Å²) in [5.74, 6) is 0. The highest BCUT2D eigenvalue weighted by atomic mass is 32.1. The highest BCUT2D eigenvalue weighted by molar-refractivity contribution is 7.80. The number of nitrogens with zero attached hydrogens (tertiary/aromatic N) is 1. The summed E-state index contributed by atoms with van der Waals surface area (Å²) in [4.78, 5) is 2.62. The Kier molecular flexibility index (Phi) is 5.26. The third kappa shape index (κ3) is 3.77. The van der Waals surface area contributed by atoms with Crippen molar-refractivity contribution in [2.75, 3.05) is 13.7 Å². The number of rotatable bonds is 6. The minimum Gasteiger partial charge on any atom is -0.394 e. The van der Waals surface area contributed by atoms with Gasteiger partial charge in [0.05, 0.1) is 11.6 Å². The second-order valence-electron chi connectivity index (χ2n) is 5.18. The molecule has 3 N–H and O–H groups in total. The molecule has 1 rings (SSSR count). The zero-order valence-electron chi connectivity index (χ0n) is 11.3. The van der Waals surface area contributed by atoms with Crippen LogP contribution < -0.4 is 5.73 Å². The molecule has 3 nitrogen and oxygen atoms in total. The number of benzene rings is 1. The van der Waals surface area contributed by atoms with Crippen molar-refractivity contribution in [1.82, 2.24) is 4.90 Å². The molecule has 0 aromatic heterocycles. The topological polar surface area (TPSA) is 49.5 Å². The van der Waals surface area contributed by atoms with E-state index in [1.165, 1.54) is 0 Å². The van der Waals surface area contributed by atoms with Gasteiger partial charge in [-0.1, -0.05) is 42.5 Å². The van der Waals surface area contributed by atoms with E-state index < -0.39 is 0 Å². The third-order valence-corrected chi connectivity index (χ3v) is 3.55. The molecule has 1 aromatic carbocycles. The van der Waals surface area contributed by atoms with Gasteiger partial charge in [0.2, 0.25) is 0 Å². The van der Waals surface area contributed by atoms with Crippen LogP contribution in [0, 0.1) is 0 Å². The van der Waals surface area contributed by atoms with Gasteiger partial charge < -0.3 is 10.8 Å². The average molecular weight is 266 g/mol. The zero-order chi connectivity index (χ0) is 13.8. The van der Waals surface area contributed by atoms with E-state index in [1.807, 2.05) is 39.1 Å². The van der Waals surface area contributed by atoms with E-state index in [2.05, 4.69) is 17.0 Å². The van der Waals surface area contributed by atoms with Crippen LogP contribution in [0.5, 0.6) is 0 Å². The molecule has 0 aliphatic carbocycles. The predicted molar refractivity (Wildman–Crippen MR) is 79.5 cm³/mol. The van der Waals surface area contributed by atoms with Gasteiger partial charge >= 0.3 is 0 Å². The van der Waals surface area contributed by atoms with E-state index in [0.717, 1.165) is 5.56 Å². The average Bonchev–Trinajstić information content (AvgIpc) is 2.36. The summed E-state index contributed by atoms with van der Waals surface area (Å²) >= 11 is 5.04. The molecule has 0 fully saturated rings. The van der Waals surface area contributed by atoms with Crippen LogP contribution in [0.3, 0.4) is 0 Å². The second-order valence-corrected chi connectivity index (χ2v) is 5.70. The molecule has 1 atom stereocenters. The van der Waals surface area contributed by atoms with Crippen LogP contribution in [-0.4, -0.2) is 34.2 Å². The molecule has 0 saturated carbocycles. The van der Waals surface area contributed by atoms with Crippen LogP contribution in [-0.2, 0) is 0 Å². The summed E-state index contributed by atoms with van der Waals surface area (Å²) in [6, 6.07) is 10.2. The Morgan fingerprint density at radius 2 is 1.94 bits per heavy atom. The van der Waals surface area contributed by atoms with Crippen LogP contribution in [0.25, 0.3) is 0 Å². The maximum Gasteiger partial charge on any atom is 0.0746 e. The van der Waals surface area contributed by atoms with Gasteiger partial charge in [0.15, 0.2) is 0 Å². The van der Waals surface area contributed by atoms with Crippen molar-refractivity contribution in [3.8, 4) is 0 Å². The van der Waals surface area contributed by atoms with Crippen LogP contribution in [0.15, 0.2) is 30.3 Å². The number of aliphatic hydroxyl groups is 1. The molecule has 0 heterocycles. The molecule has 0 radical (unpaired) electrons. The SMILES string of the molecule is CN(C(CC(N)=S)c1ccccc1)C(C)(C)CO. The Morgan fingerprint density at radius 1 is 1.39 bits per heavy atom. The molecule has 18 heavy (non-hydrogen) atoms. The molecule has 1 unspecified atom stereocenters. The largest absolute Gasteiger partial charge is 0.394 e. The summed E-state index contributed by atoms with van der Waals surface area (Å²) in [6.45, 7) is 4.09. The van der Waals surface area contributed by atoms with Crippen molar-refractivity contribution in [1.29, 1.82) is 0 Å². The quantitative estimate of drug-likeness (QED) is 0.774. The molecular weight excluding hydrogens is 244 g/mol. The van der Waals surface area contributed by atoms with E-state index in [1.54, 1.807) is 0 Å². The molecule has 0 bridgehead atoms. The number of thiocarbonyl (C=S) groups is 1. The molecule has 0 spiro atoms. The van der Waals surface area contributed by atoms with Crippen molar-refractivity contribution >= 4 is 17.2 Å². The molecular formula is C14H22N2OS. The number of aliphatic hydroxyl groups excluding tert-OH is 1. The second kappa shape index (κ2) is 6.27. The lowest BCUT2D eigenvalue weighted by atomic mass is 9.96. The molecule has 0 aliphatic heterocycles. The summed E-state index contributed by atoms with van der Waals surface area (Å²) < 4.78 is 0. The molecule has 0 saturated heterocycles. The lowest BCUT2D eigenvalue weighted by Gasteiger charge is -2.40. The highest BCUT2D eigenvalue weighted by Gasteiger charge is 2.30. The van der Waals surface area contributed by atoms with Crippen molar-refractivity contribution in [3.63, 3.8) is 0 Å². The molecule has 100 valence electrons. The monoisotopic (exact) mass is 266 g/mol. The lowest BCUT2D eigenvalue weighted by molar-refractivity contribution is 0.0466. The Hall–Kier alpha value is -0.970. The van der Waals surface area contributed by atoms with Gasteiger partial charge in [-0.25, -0.2) is 0 Å². The van der Waals surface area contributed by atoms with E-state index in [0.29, 0.717) is 11.4 Å².